The first-order valence-corrected chi connectivity index (χ1v) is 4.60. The maximum Gasteiger partial charge on any atom is 0.500 e. The molecule has 0 unspecified atom stereocenters. The number of aliphatic carboxylic acids is 1. The molecule has 2 rings (SSSR count). The summed E-state index contributed by atoms with van der Waals surface area (Å²) in [6.45, 7) is 0. The molecule has 0 aliphatic carbocycles. The minimum absolute atomic E-state index is 0.0997. The molecule has 0 fully saturated rings. The molecule has 0 radical (unpaired) electrons. The predicted octanol–water partition coefficient (Wildman–Crippen LogP) is 0.653. The van der Waals surface area contributed by atoms with Crippen LogP contribution in [0.15, 0.2) is 27.6 Å². The number of rotatable bonds is 1. The number of carboxylic acids is 1. The van der Waals surface area contributed by atoms with Crippen LogP contribution in [0.1, 0.15) is 0 Å². The quantitative estimate of drug-likeness (QED) is 0.480. The fourth-order valence-corrected chi connectivity index (χ4v) is 1.50. The number of hydrogen-bond acceptors (Lipinski definition) is 6. The SMILES string of the molecule is O=C(O)C1=C(S)N2NN(C(F)(F)F)C=C2N=C1. The van der Waals surface area contributed by atoms with E-state index in [-0.39, 0.29) is 21.4 Å². The smallest absolute Gasteiger partial charge is 0.478 e. The van der Waals surface area contributed by atoms with Crippen molar-refractivity contribution >= 4 is 24.8 Å². The van der Waals surface area contributed by atoms with E-state index >= 15 is 0 Å². The lowest BCUT2D eigenvalue weighted by atomic mass is 10.3. The Hall–Kier alpha value is -1.68. The van der Waals surface area contributed by atoms with Gasteiger partial charge in [0.05, 0.1) is 6.20 Å². The highest BCUT2D eigenvalue weighted by atomic mass is 32.1. The number of hydrogen-bond donors (Lipinski definition) is 3. The maximum absolute atomic E-state index is 12.4. The summed E-state index contributed by atoms with van der Waals surface area (Å²) < 4.78 is 37.1. The topological polar surface area (TPSA) is 68.2 Å². The van der Waals surface area contributed by atoms with Gasteiger partial charge in [0.1, 0.15) is 10.6 Å². The highest BCUT2D eigenvalue weighted by molar-refractivity contribution is 7.84. The highest BCUT2D eigenvalue weighted by Crippen LogP contribution is 2.31. The molecule has 0 atom stereocenters. The standard InChI is InChI=1S/C7H5F3N4O2S/c8-7(9,10)13-2-4-11-1-3(6(15)16)5(17)14(4)12-13/h1-2,12,17H,(H,15,16). The molecule has 0 spiro atoms. The van der Waals surface area contributed by atoms with Gasteiger partial charge in [-0.3, -0.25) is 0 Å². The Morgan fingerprint density at radius 3 is 2.71 bits per heavy atom. The number of hydrazine groups is 2. The number of nitrogens with one attached hydrogen (secondary N) is 1. The van der Waals surface area contributed by atoms with Crippen LogP contribution in [0.3, 0.4) is 0 Å². The van der Waals surface area contributed by atoms with Gasteiger partial charge < -0.3 is 5.11 Å². The maximum atomic E-state index is 12.4. The van der Waals surface area contributed by atoms with Crippen LogP contribution in [-0.2, 0) is 4.79 Å². The first-order chi connectivity index (χ1) is 7.80. The van der Waals surface area contributed by atoms with Gasteiger partial charge in [-0.15, -0.1) is 31.3 Å². The molecule has 0 saturated carbocycles. The zero-order valence-electron chi connectivity index (χ0n) is 7.93. The number of carboxylic acid groups (broad SMARTS) is 1. The minimum atomic E-state index is -4.64. The number of nitrogens with zero attached hydrogens (tertiary/aromatic N) is 3. The van der Waals surface area contributed by atoms with Crippen LogP contribution in [-0.4, -0.2) is 33.6 Å². The van der Waals surface area contributed by atoms with E-state index in [2.05, 4.69) is 17.6 Å². The molecule has 6 nitrogen and oxygen atoms in total. The van der Waals surface area contributed by atoms with Crippen molar-refractivity contribution in [2.24, 2.45) is 4.99 Å². The van der Waals surface area contributed by atoms with Crippen molar-refractivity contribution in [3.8, 4) is 0 Å². The fraction of sp³-hybridized carbons (Fsp3) is 0.143. The van der Waals surface area contributed by atoms with E-state index in [1.54, 1.807) is 0 Å². The van der Waals surface area contributed by atoms with Crippen LogP contribution < -0.4 is 5.53 Å². The van der Waals surface area contributed by atoms with Crippen LogP contribution in [0, 0.1) is 0 Å². The lowest BCUT2D eigenvalue weighted by Gasteiger charge is -2.26. The molecule has 2 heterocycles. The third-order valence-corrected chi connectivity index (χ3v) is 2.40. The highest BCUT2D eigenvalue weighted by Gasteiger charge is 2.42. The zero-order valence-corrected chi connectivity index (χ0v) is 8.83. The summed E-state index contributed by atoms with van der Waals surface area (Å²) in [6, 6.07) is 0. The van der Waals surface area contributed by atoms with Crippen LogP contribution >= 0.6 is 12.6 Å². The van der Waals surface area contributed by atoms with E-state index in [1.165, 1.54) is 0 Å². The Bertz CT molecular complexity index is 470. The van der Waals surface area contributed by atoms with Gasteiger partial charge in [-0.2, -0.15) is 0 Å². The van der Waals surface area contributed by atoms with Crippen molar-refractivity contribution in [1.29, 1.82) is 0 Å². The molecule has 0 aromatic rings. The second kappa shape index (κ2) is 3.67. The molecule has 0 amide bonds. The number of alkyl halides is 3. The molecule has 0 saturated heterocycles. The van der Waals surface area contributed by atoms with E-state index in [1.807, 2.05) is 5.53 Å². The van der Waals surface area contributed by atoms with Gasteiger partial charge in [-0.1, -0.05) is 0 Å². The van der Waals surface area contributed by atoms with Crippen molar-refractivity contribution < 1.29 is 23.1 Å². The number of thiol groups is 1. The molecule has 2 N–H and O–H groups in total. The lowest BCUT2D eigenvalue weighted by Crippen LogP contribution is -2.47. The molecule has 0 bridgehead atoms. The van der Waals surface area contributed by atoms with Crippen molar-refractivity contribution in [3.63, 3.8) is 0 Å². The second-order valence-corrected chi connectivity index (χ2v) is 3.48. The van der Waals surface area contributed by atoms with E-state index in [9.17, 15) is 18.0 Å². The third kappa shape index (κ3) is 1.96. The first-order valence-electron chi connectivity index (χ1n) is 4.15. The molecule has 92 valence electrons. The van der Waals surface area contributed by atoms with Crippen LogP contribution in [0.5, 0.6) is 0 Å². The van der Waals surface area contributed by atoms with Crippen LogP contribution in [0.4, 0.5) is 13.2 Å². The van der Waals surface area contributed by atoms with Crippen molar-refractivity contribution in [3.05, 3.63) is 22.6 Å². The van der Waals surface area contributed by atoms with E-state index < -0.39 is 12.3 Å². The largest absolute Gasteiger partial charge is 0.500 e. The van der Waals surface area contributed by atoms with Crippen molar-refractivity contribution in [1.82, 2.24) is 15.6 Å². The molecule has 10 heteroatoms. The van der Waals surface area contributed by atoms with Gasteiger partial charge in [0.15, 0.2) is 5.82 Å². The van der Waals surface area contributed by atoms with Gasteiger partial charge in [0.25, 0.3) is 0 Å². The average molecular weight is 266 g/mol. The van der Waals surface area contributed by atoms with Crippen LogP contribution in [0.2, 0.25) is 0 Å². The number of carbonyl (C=O) groups is 1. The van der Waals surface area contributed by atoms with Gasteiger partial charge in [-0.25, -0.2) is 19.8 Å². The normalized spacial score (nSPS) is 19.6. The average Bonchev–Trinajstić information content (AvgIpc) is 2.61. The van der Waals surface area contributed by atoms with Crippen molar-refractivity contribution in [2.75, 3.05) is 0 Å². The van der Waals surface area contributed by atoms with E-state index in [0.717, 1.165) is 11.2 Å². The van der Waals surface area contributed by atoms with E-state index in [0.29, 0.717) is 6.20 Å². The molecule has 0 aromatic carbocycles. The molecule has 17 heavy (non-hydrogen) atoms. The third-order valence-electron chi connectivity index (χ3n) is 1.96. The summed E-state index contributed by atoms with van der Waals surface area (Å²) >= 11 is 3.84. The summed E-state index contributed by atoms with van der Waals surface area (Å²) in [5.74, 6) is -1.43. The zero-order chi connectivity index (χ0) is 12.8. The minimum Gasteiger partial charge on any atom is -0.478 e. The Kier molecular flexibility index (Phi) is 2.54. The van der Waals surface area contributed by atoms with Gasteiger partial charge in [-0.05, 0) is 0 Å². The monoisotopic (exact) mass is 266 g/mol. The second-order valence-electron chi connectivity index (χ2n) is 3.06. The Morgan fingerprint density at radius 2 is 2.18 bits per heavy atom. The summed E-state index contributed by atoms with van der Waals surface area (Å²) in [5, 5.41) is 9.24. The predicted molar refractivity (Wildman–Crippen MR) is 53.1 cm³/mol. The van der Waals surface area contributed by atoms with Crippen molar-refractivity contribution in [2.45, 2.75) is 6.30 Å². The Labute approximate surface area is 98.1 Å². The molecule has 0 aromatic heterocycles. The number of aliphatic imine (C=N–C) groups is 1. The summed E-state index contributed by atoms with van der Waals surface area (Å²) in [4.78, 5) is 14.3. The lowest BCUT2D eigenvalue weighted by molar-refractivity contribution is -0.250. The van der Waals surface area contributed by atoms with Gasteiger partial charge in [0.2, 0.25) is 0 Å². The summed E-state index contributed by atoms with van der Waals surface area (Å²) in [5.41, 5.74) is 1.60. The Balaban J connectivity index is 2.32. The summed E-state index contributed by atoms with van der Waals surface area (Å²) in [6.07, 6.45) is -3.02. The van der Waals surface area contributed by atoms with Crippen LogP contribution in [0.25, 0.3) is 0 Å². The number of halogens is 3. The molecule has 2 aliphatic rings. The fourth-order valence-electron chi connectivity index (χ4n) is 1.20. The van der Waals surface area contributed by atoms with Gasteiger partial charge in [0, 0.05) is 6.21 Å². The molecular formula is C7H5F3N4O2S. The van der Waals surface area contributed by atoms with Gasteiger partial charge >= 0.3 is 12.3 Å². The first kappa shape index (κ1) is 11.8. The number of fused-ring (bicyclic) bond motifs is 1. The molecule has 2 aliphatic heterocycles. The summed E-state index contributed by atoms with van der Waals surface area (Å²) in [7, 11) is 0. The molecular weight excluding hydrogens is 261 g/mol. The Morgan fingerprint density at radius 1 is 1.53 bits per heavy atom. The van der Waals surface area contributed by atoms with E-state index in [4.69, 9.17) is 5.11 Å².